The maximum atomic E-state index is 10.8. The lowest BCUT2D eigenvalue weighted by atomic mass is 10.2. The number of hydrogen-bond donors (Lipinski definition) is 0. The molecule has 3 heteroatoms. The molecule has 0 aliphatic carbocycles. The Hall–Kier alpha value is -0.280. The first-order valence-corrected chi connectivity index (χ1v) is 3.44. The zero-order valence-corrected chi connectivity index (χ0v) is 6.63. The van der Waals surface area contributed by atoms with E-state index in [1.165, 1.54) is 6.20 Å². The minimum atomic E-state index is -0.540. The summed E-state index contributed by atoms with van der Waals surface area (Å²) >= 11 is 3.23. The molecule has 1 aliphatic heterocycles. The van der Waals surface area contributed by atoms with Gasteiger partial charge >= 0.3 is 0 Å². The summed E-state index contributed by atoms with van der Waals surface area (Å²) in [6.45, 7) is 1.79. The lowest BCUT2D eigenvalue weighted by Crippen LogP contribution is -2.31. The molecule has 1 aliphatic rings. The van der Waals surface area contributed by atoms with Crippen LogP contribution in [0.3, 0.4) is 0 Å². The number of hydroxylamine groups is 2. The van der Waals surface area contributed by atoms with E-state index >= 15 is 0 Å². The van der Waals surface area contributed by atoms with Gasteiger partial charge in [-0.3, -0.25) is 0 Å². The van der Waals surface area contributed by atoms with Gasteiger partial charge in [0.1, 0.15) is 4.45 Å². The molecule has 0 radical (unpaired) electrons. The summed E-state index contributed by atoms with van der Waals surface area (Å²) in [5.74, 6) is 0. The molecule has 0 N–H and O–H groups in total. The van der Waals surface area contributed by atoms with Gasteiger partial charge in [-0.25, -0.2) is 0 Å². The van der Waals surface area contributed by atoms with Crippen molar-refractivity contribution in [3.05, 3.63) is 29.6 Å². The molecule has 1 rings (SSSR count). The summed E-state index contributed by atoms with van der Waals surface area (Å²) in [7, 11) is 0. The second kappa shape index (κ2) is 2.15. The minimum Gasteiger partial charge on any atom is -0.758 e. The standard InChI is InChI=1S/C6H7BrNO/c1-6(7)4-2-3-5-8(6)9/h2-5H,1H3/q-1. The summed E-state index contributed by atoms with van der Waals surface area (Å²) in [5.41, 5.74) is 0. The van der Waals surface area contributed by atoms with Crippen LogP contribution < -0.4 is 0 Å². The maximum absolute atomic E-state index is 10.8. The van der Waals surface area contributed by atoms with Crippen LogP contribution >= 0.6 is 15.9 Å². The van der Waals surface area contributed by atoms with Gasteiger partial charge in [0.25, 0.3) is 0 Å². The first-order chi connectivity index (χ1) is 4.13. The van der Waals surface area contributed by atoms with Gasteiger partial charge in [-0.15, -0.1) is 0 Å². The average Bonchev–Trinajstić information content (AvgIpc) is 1.77. The highest BCUT2D eigenvalue weighted by Gasteiger charge is 2.16. The van der Waals surface area contributed by atoms with Gasteiger partial charge < -0.3 is 10.3 Å². The lowest BCUT2D eigenvalue weighted by Gasteiger charge is -2.40. The lowest BCUT2D eigenvalue weighted by molar-refractivity contribution is 0.419. The predicted octanol–water partition coefficient (Wildman–Crippen LogP) is 1.98. The molecular weight excluding hydrogens is 182 g/mol. The Morgan fingerprint density at radius 3 is 2.56 bits per heavy atom. The van der Waals surface area contributed by atoms with Crippen LogP contribution in [0.1, 0.15) is 6.92 Å². The van der Waals surface area contributed by atoms with Crippen LogP contribution in [0.2, 0.25) is 0 Å². The first kappa shape index (κ1) is 6.83. The summed E-state index contributed by atoms with van der Waals surface area (Å²) < 4.78 is -0.540. The van der Waals surface area contributed by atoms with Crippen LogP contribution in [0.5, 0.6) is 0 Å². The molecule has 1 atom stereocenters. The van der Waals surface area contributed by atoms with E-state index in [0.717, 1.165) is 5.06 Å². The molecule has 50 valence electrons. The van der Waals surface area contributed by atoms with Crippen LogP contribution in [0.4, 0.5) is 0 Å². The Morgan fingerprint density at radius 2 is 2.22 bits per heavy atom. The topological polar surface area (TPSA) is 26.3 Å². The van der Waals surface area contributed by atoms with Crippen molar-refractivity contribution in [1.29, 1.82) is 0 Å². The Bertz CT molecular complexity index is 162. The van der Waals surface area contributed by atoms with Gasteiger partial charge in [0, 0.05) is 0 Å². The van der Waals surface area contributed by atoms with Crippen LogP contribution in [0, 0.1) is 5.21 Å². The van der Waals surface area contributed by atoms with Gasteiger partial charge in [0.05, 0.1) is 0 Å². The Labute approximate surface area is 62.6 Å². The molecule has 0 fully saturated rings. The van der Waals surface area contributed by atoms with Crippen LogP contribution in [-0.4, -0.2) is 9.51 Å². The fourth-order valence-electron chi connectivity index (χ4n) is 0.578. The molecule has 9 heavy (non-hydrogen) atoms. The third kappa shape index (κ3) is 1.34. The van der Waals surface area contributed by atoms with E-state index < -0.39 is 4.45 Å². The molecule has 0 aromatic heterocycles. The maximum Gasteiger partial charge on any atom is 0.101 e. The van der Waals surface area contributed by atoms with Crippen molar-refractivity contribution >= 4 is 15.9 Å². The highest BCUT2D eigenvalue weighted by atomic mass is 79.9. The Balaban J connectivity index is 2.78. The molecule has 1 unspecified atom stereocenters. The highest BCUT2D eigenvalue weighted by Crippen LogP contribution is 2.25. The van der Waals surface area contributed by atoms with E-state index in [9.17, 15) is 5.21 Å². The van der Waals surface area contributed by atoms with Crippen molar-refractivity contribution in [1.82, 2.24) is 5.06 Å². The van der Waals surface area contributed by atoms with Crippen molar-refractivity contribution in [2.24, 2.45) is 0 Å². The molecule has 0 bridgehead atoms. The van der Waals surface area contributed by atoms with E-state index in [1.807, 2.05) is 6.08 Å². The first-order valence-electron chi connectivity index (χ1n) is 2.64. The quantitative estimate of drug-likeness (QED) is 0.430. The predicted molar refractivity (Wildman–Crippen MR) is 40.8 cm³/mol. The zero-order valence-electron chi connectivity index (χ0n) is 5.04. The number of hydrogen-bond acceptors (Lipinski definition) is 2. The molecule has 0 saturated carbocycles. The number of nitrogens with zero attached hydrogens (tertiary/aromatic N) is 1. The van der Waals surface area contributed by atoms with Crippen molar-refractivity contribution in [3.63, 3.8) is 0 Å². The van der Waals surface area contributed by atoms with Crippen molar-refractivity contribution < 1.29 is 0 Å². The second-order valence-electron chi connectivity index (χ2n) is 2.05. The number of rotatable bonds is 0. The summed E-state index contributed by atoms with van der Waals surface area (Å²) in [6, 6.07) is 0. The van der Waals surface area contributed by atoms with Gasteiger partial charge in [-0.1, -0.05) is 22.0 Å². The van der Waals surface area contributed by atoms with Gasteiger partial charge in [0.15, 0.2) is 0 Å². The van der Waals surface area contributed by atoms with Gasteiger partial charge in [-0.2, -0.15) is 0 Å². The third-order valence-corrected chi connectivity index (χ3v) is 1.78. The molecule has 1 heterocycles. The average molecular weight is 189 g/mol. The van der Waals surface area contributed by atoms with Crippen LogP contribution in [-0.2, 0) is 0 Å². The summed E-state index contributed by atoms with van der Waals surface area (Å²) in [6.07, 6.45) is 6.81. The molecule has 0 aromatic carbocycles. The van der Waals surface area contributed by atoms with Crippen LogP contribution in [0.25, 0.3) is 0 Å². The normalized spacial score (nSPS) is 33.4. The highest BCUT2D eigenvalue weighted by molar-refractivity contribution is 9.10. The number of halogens is 1. The van der Waals surface area contributed by atoms with E-state index in [-0.39, 0.29) is 0 Å². The second-order valence-corrected chi connectivity index (χ2v) is 3.66. The van der Waals surface area contributed by atoms with Crippen molar-refractivity contribution in [3.8, 4) is 0 Å². The number of alkyl halides is 1. The molecule has 0 aromatic rings. The number of allylic oxidation sites excluding steroid dienone is 2. The van der Waals surface area contributed by atoms with Crippen molar-refractivity contribution in [2.75, 3.05) is 0 Å². The van der Waals surface area contributed by atoms with E-state index in [4.69, 9.17) is 0 Å². The largest absolute Gasteiger partial charge is 0.758 e. The molecular formula is C6H7BrNO-. The molecule has 0 saturated heterocycles. The van der Waals surface area contributed by atoms with E-state index in [2.05, 4.69) is 15.9 Å². The molecule has 2 nitrogen and oxygen atoms in total. The van der Waals surface area contributed by atoms with E-state index in [1.54, 1.807) is 19.1 Å². The Morgan fingerprint density at radius 1 is 1.56 bits per heavy atom. The SMILES string of the molecule is CC1(Br)C=CC=CN1[O-]. The smallest absolute Gasteiger partial charge is 0.101 e. The fraction of sp³-hybridized carbons (Fsp3) is 0.333. The summed E-state index contributed by atoms with van der Waals surface area (Å²) in [4.78, 5) is 0. The Kier molecular flexibility index (Phi) is 1.64. The van der Waals surface area contributed by atoms with Gasteiger partial charge in [-0.05, 0) is 25.3 Å². The fourth-order valence-corrected chi connectivity index (χ4v) is 0.849. The third-order valence-electron chi connectivity index (χ3n) is 1.16. The van der Waals surface area contributed by atoms with Gasteiger partial charge in [0.2, 0.25) is 0 Å². The molecule has 0 spiro atoms. The summed E-state index contributed by atoms with van der Waals surface area (Å²) in [5, 5.41) is 11.7. The van der Waals surface area contributed by atoms with E-state index in [0.29, 0.717) is 0 Å². The monoisotopic (exact) mass is 188 g/mol. The molecule has 0 amide bonds. The van der Waals surface area contributed by atoms with Crippen molar-refractivity contribution in [2.45, 2.75) is 11.4 Å². The minimum absolute atomic E-state index is 0.540. The zero-order chi connectivity index (χ0) is 6.91. The van der Waals surface area contributed by atoms with Crippen LogP contribution in [0.15, 0.2) is 24.4 Å².